The molecule has 0 aliphatic heterocycles. The summed E-state index contributed by atoms with van der Waals surface area (Å²) < 4.78 is 6.85. The predicted molar refractivity (Wildman–Crippen MR) is 71.9 cm³/mol. The molecule has 0 unspecified atom stereocenters. The van der Waals surface area contributed by atoms with Gasteiger partial charge in [0.25, 0.3) is 0 Å². The molecule has 0 saturated heterocycles. The minimum Gasteiger partial charge on any atom is -0.497 e. The van der Waals surface area contributed by atoms with E-state index in [-0.39, 0.29) is 5.69 Å². The minimum absolute atomic E-state index is 0.0344. The van der Waals surface area contributed by atoms with E-state index in [1.54, 1.807) is 23.8 Å². The summed E-state index contributed by atoms with van der Waals surface area (Å²) in [6, 6.07) is 9.30. The standard InChI is InChI=1S/C14H11N3O3/c1-20-10-4-2-3-9(7-10)12-5-6-15-14-16-11(13(18)19)8-17(12)14/h2-8H,1H3,(H,18,19). The van der Waals surface area contributed by atoms with Crippen LogP contribution in [0.15, 0.2) is 42.7 Å². The van der Waals surface area contributed by atoms with Crippen LogP contribution in [0.4, 0.5) is 0 Å². The third-order valence-corrected chi connectivity index (χ3v) is 2.95. The van der Waals surface area contributed by atoms with Crippen LogP contribution in [0.2, 0.25) is 0 Å². The van der Waals surface area contributed by atoms with E-state index in [0.717, 1.165) is 17.0 Å². The van der Waals surface area contributed by atoms with E-state index in [2.05, 4.69) is 9.97 Å². The first kappa shape index (κ1) is 12.2. The molecule has 0 saturated carbocycles. The van der Waals surface area contributed by atoms with Gasteiger partial charge in [0.05, 0.1) is 12.8 Å². The molecule has 2 heterocycles. The van der Waals surface area contributed by atoms with E-state index in [0.29, 0.717) is 5.78 Å². The summed E-state index contributed by atoms with van der Waals surface area (Å²) in [7, 11) is 1.60. The maximum Gasteiger partial charge on any atom is 0.356 e. The fourth-order valence-electron chi connectivity index (χ4n) is 2.01. The molecule has 3 rings (SSSR count). The van der Waals surface area contributed by atoms with Crippen molar-refractivity contribution >= 4 is 11.7 Å². The predicted octanol–water partition coefficient (Wildman–Crippen LogP) is 2.10. The Bertz CT molecular complexity index is 795. The third-order valence-electron chi connectivity index (χ3n) is 2.95. The number of methoxy groups -OCH3 is 1. The Morgan fingerprint density at radius 1 is 1.35 bits per heavy atom. The van der Waals surface area contributed by atoms with E-state index in [1.165, 1.54) is 6.20 Å². The summed E-state index contributed by atoms with van der Waals surface area (Å²) >= 11 is 0. The highest BCUT2D eigenvalue weighted by Gasteiger charge is 2.12. The van der Waals surface area contributed by atoms with Gasteiger partial charge in [-0.15, -0.1) is 0 Å². The molecule has 6 heteroatoms. The SMILES string of the molecule is COc1cccc(-c2ccnc3nc(C(=O)O)cn23)c1. The molecule has 0 aliphatic rings. The lowest BCUT2D eigenvalue weighted by molar-refractivity contribution is 0.0691. The van der Waals surface area contributed by atoms with Gasteiger partial charge in [-0.2, -0.15) is 0 Å². The molecule has 0 spiro atoms. The number of aromatic carboxylic acids is 1. The molecule has 0 amide bonds. The number of hydrogen-bond donors (Lipinski definition) is 1. The molecule has 0 atom stereocenters. The highest BCUT2D eigenvalue weighted by Crippen LogP contribution is 2.24. The van der Waals surface area contributed by atoms with E-state index in [1.807, 2.05) is 24.3 Å². The van der Waals surface area contributed by atoms with Gasteiger partial charge >= 0.3 is 5.97 Å². The van der Waals surface area contributed by atoms with Crippen LogP contribution < -0.4 is 4.74 Å². The van der Waals surface area contributed by atoms with Gasteiger partial charge < -0.3 is 9.84 Å². The molecule has 1 N–H and O–H groups in total. The Labute approximate surface area is 114 Å². The zero-order valence-electron chi connectivity index (χ0n) is 10.6. The van der Waals surface area contributed by atoms with Crippen molar-refractivity contribution in [2.75, 3.05) is 7.11 Å². The van der Waals surface area contributed by atoms with Gasteiger partial charge in [0.2, 0.25) is 5.78 Å². The average Bonchev–Trinajstić information content (AvgIpc) is 2.91. The summed E-state index contributed by atoms with van der Waals surface area (Å²) in [6.45, 7) is 0. The van der Waals surface area contributed by atoms with Crippen molar-refractivity contribution in [1.82, 2.24) is 14.4 Å². The number of carboxylic acid groups (broad SMARTS) is 1. The fraction of sp³-hybridized carbons (Fsp3) is 0.0714. The van der Waals surface area contributed by atoms with Gasteiger partial charge in [-0.25, -0.2) is 14.8 Å². The van der Waals surface area contributed by atoms with Gasteiger partial charge in [0.15, 0.2) is 5.69 Å². The molecule has 0 bridgehead atoms. The first-order valence-electron chi connectivity index (χ1n) is 5.91. The fourth-order valence-corrected chi connectivity index (χ4v) is 2.01. The van der Waals surface area contributed by atoms with Gasteiger partial charge in [0, 0.05) is 18.0 Å². The lowest BCUT2D eigenvalue weighted by atomic mass is 10.1. The minimum atomic E-state index is -1.08. The average molecular weight is 269 g/mol. The number of carboxylic acids is 1. The number of aromatic nitrogens is 3. The van der Waals surface area contributed by atoms with Crippen molar-refractivity contribution in [3.8, 4) is 17.0 Å². The highest BCUT2D eigenvalue weighted by atomic mass is 16.5. The zero-order valence-corrected chi connectivity index (χ0v) is 10.6. The maximum absolute atomic E-state index is 11.0. The Morgan fingerprint density at radius 3 is 2.95 bits per heavy atom. The van der Waals surface area contributed by atoms with Crippen molar-refractivity contribution in [2.45, 2.75) is 0 Å². The number of hydrogen-bond acceptors (Lipinski definition) is 4. The molecular formula is C14H11N3O3. The van der Waals surface area contributed by atoms with Crippen molar-refractivity contribution in [2.24, 2.45) is 0 Å². The van der Waals surface area contributed by atoms with Crippen LogP contribution in [0.5, 0.6) is 5.75 Å². The quantitative estimate of drug-likeness (QED) is 0.788. The van der Waals surface area contributed by atoms with Gasteiger partial charge in [0.1, 0.15) is 5.75 Å². The Hall–Kier alpha value is -2.89. The van der Waals surface area contributed by atoms with Crippen molar-refractivity contribution in [3.63, 3.8) is 0 Å². The molecule has 6 nitrogen and oxygen atoms in total. The van der Waals surface area contributed by atoms with Crippen LogP contribution >= 0.6 is 0 Å². The molecule has 0 aliphatic carbocycles. The number of fused-ring (bicyclic) bond motifs is 1. The van der Waals surface area contributed by atoms with Crippen molar-refractivity contribution in [1.29, 1.82) is 0 Å². The topological polar surface area (TPSA) is 76.7 Å². The monoisotopic (exact) mass is 269 g/mol. The normalized spacial score (nSPS) is 10.7. The van der Waals surface area contributed by atoms with Crippen LogP contribution in [0.25, 0.3) is 17.0 Å². The zero-order chi connectivity index (χ0) is 14.1. The molecule has 0 fully saturated rings. The summed E-state index contributed by atoms with van der Waals surface area (Å²) in [5, 5.41) is 9.01. The Morgan fingerprint density at radius 2 is 2.20 bits per heavy atom. The van der Waals surface area contributed by atoms with E-state index >= 15 is 0 Å². The number of ether oxygens (including phenoxy) is 1. The molecule has 3 aromatic rings. The first-order valence-corrected chi connectivity index (χ1v) is 5.91. The number of nitrogens with zero attached hydrogens (tertiary/aromatic N) is 3. The van der Waals surface area contributed by atoms with E-state index in [4.69, 9.17) is 9.84 Å². The van der Waals surface area contributed by atoms with E-state index < -0.39 is 5.97 Å². The third kappa shape index (κ3) is 1.97. The first-order chi connectivity index (χ1) is 9.69. The summed E-state index contributed by atoms with van der Waals surface area (Å²) in [5.41, 5.74) is 1.66. The second-order valence-corrected chi connectivity index (χ2v) is 4.16. The lowest BCUT2D eigenvalue weighted by Crippen LogP contribution is -1.95. The van der Waals surface area contributed by atoms with E-state index in [9.17, 15) is 4.79 Å². The lowest BCUT2D eigenvalue weighted by Gasteiger charge is -2.06. The Balaban J connectivity index is 2.22. The Kier molecular flexibility index (Phi) is 2.83. The van der Waals surface area contributed by atoms with Gasteiger partial charge in [-0.1, -0.05) is 12.1 Å². The molecule has 2 aromatic heterocycles. The summed E-state index contributed by atoms with van der Waals surface area (Å²) in [4.78, 5) is 19.0. The second-order valence-electron chi connectivity index (χ2n) is 4.16. The second kappa shape index (κ2) is 4.65. The van der Waals surface area contributed by atoms with Crippen LogP contribution in [0, 0.1) is 0 Å². The largest absolute Gasteiger partial charge is 0.497 e. The summed E-state index contributed by atoms with van der Waals surface area (Å²) in [6.07, 6.45) is 3.06. The number of benzene rings is 1. The summed E-state index contributed by atoms with van der Waals surface area (Å²) in [5.74, 6) is 0.000785. The highest BCUT2D eigenvalue weighted by molar-refractivity contribution is 5.86. The smallest absolute Gasteiger partial charge is 0.356 e. The van der Waals surface area contributed by atoms with Crippen molar-refractivity contribution in [3.05, 3.63) is 48.4 Å². The van der Waals surface area contributed by atoms with Crippen LogP contribution in [-0.2, 0) is 0 Å². The molecule has 1 aromatic carbocycles. The van der Waals surface area contributed by atoms with Crippen LogP contribution in [-0.4, -0.2) is 32.6 Å². The molecule has 0 radical (unpaired) electrons. The van der Waals surface area contributed by atoms with Crippen LogP contribution in [0.3, 0.4) is 0 Å². The van der Waals surface area contributed by atoms with Gasteiger partial charge in [-0.05, 0) is 18.2 Å². The number of rotatable bonds is 3. The number of carbonyl (C=O) groups is 1. The molecule has 100 valence electrons. The van der Waals surface area contributed by atoms with Crippen molar-refractivity contribution < 1.29 is 14.6 Å². The molecular weight excluding hydrogens is 258 g/mol. The van der Waals surface area contributed by atoms with Gasteiger partial charge in [-0.3, -0.25) is 4.40 Å². The van der Waals surface area contributed by atoms with Crippen LogP contribution in [0.1, 0.15) is 10.5 Å². The molecule has 20 heavy (non-hydrogen) atoms. The maximum atomic E-state index is 11.0. The number of imidazole rings is 1.